The molecule has 2 heterocycles. The van der Waals surface area contributed by atoms with Gasteiger partial charge in [-0.25, -0.2) is 9.78 Å². The number of carbonyl (C=O) groups is 2. The Morgan fingerprint density at radius 1 is 1.14 bits per heavy atom. The number of halogens is 1. The van der Waals surface area contributed by atoms with E-state index in [4.69, 9.17) is 11.6 Å². The third kappa shape index (κ3) is 3.53. The number of aromatic nitrogens is 2. The monoisotopic (exact) mass is 397 g/mol. The van der Waals surface area contributed by atoms with Crippen LogP contribution in [0.4, 0.5) is 10.7 Å². The minimum atomic E-state index is -0.668. The Bertz CT molecular complexity index is 1030. The van der Waals surface area contributed by atoms with Crippen LogP contribution >= 0.6 is 11.6 Å². The van der Waals surface area contributed by atoms with E-state index in [-0.39, 0.29) is 11.9 Å². The predicted molar refractivity (Wildman–Crippen MR) is 108 cm³/mol. The van der Waals surface area contributed by atoms with Gasteiger partial charge in [-0.2, -0.15) is 0 Å². The Labute approximate surface area is 167 Å². The molecule has 144 valence electrons. The first kappa shape index (κ1) is 18.3. The van der Waals surface area contributed by atoms with Crippen LogP contribution in [-0.2, 0) is 17.9 Å². The van der Waals surface area contributed by atoms with Gasteiger partial charge in [-0.1, -0.05) is 35.9 Å². The topological polar surface area (TPSA) is 79.3 Å². The molecule has 7 nitrogen and oxygen atoms in total. The van der Waals surface area contributed by atoms with Crippen LogP contribution < -0.4 is 15.5 Å². The number of amides is 3. The number of nitrogens with zero attached hydrogens (tertiary/aromatic N) is 3. The maximum absolute atomic E-state index is 12.7. The summed E-state index contributed by atoms with van der Waals surface area (Å²) in [5, 5.41) is 6.22. The lowest BCUT2D eigenvalue weighted by Gasteiger charge is -2.19. The third-order valence-electron chi connectivity index (χ3n) is 4.78. The Morgan fingerprint density at radius 2 is 1.89 bits per heavy atom. The van der Waals surface area contributed by atoms with Crippen molar-refractivity contribution in [3.05, 3.63) is 59.1 Å². The fourth-order valence-electron chi connectivity index (χ4n) is 3.25. The fraction of sp³-hybridized carbons (Fsp3) is 0.250. The van der Waals surface area contributed by atoms with E-state index in [9.17, 15) is 9.59 Å². The molecular formula is C20H20ClN5O2. The summed E-state index contributed by atoms with van der Waals surface area (Å²) in [7, 11) is 0. The second-order valence-corrected chi connectivity index (χ2v) is 7.16. The second-order valence-electron chi connectivity index (χ2n) is 6.72. The number of fused-ring (bicyclic) bond motifs is 3. The van der Waals surface area contributed by atoms with Crippen molar-refractivity contribution in [2.45, 2.75) is 26.1 Å². The van der Waals surface area contributed by atoms with E-state index in [1.165, 1.54) is 0 Å². The summed E-state index contributed by atoms with van der Waals surface area (Å²) in [6.45, 7) is 3.24. The first-order valence-electron chi connectivity index (χ1n) is 9.08. The number of anilines is 1. The number of carbonyl (C=O) groups excluding carboxylic acids is 2. The molecule has 1 atom stereocenters. The van der Waals surface area contributed by atoms with Gasteiger partial charge in [0.2, 0.25) is 11.9 Å². The van der Waals surface area contributed by atoms with E-state index in [0.717, 1.165) is 16.6 Å². The number of urea groups is 1. The van der Waals surface area contributed by atoms with Crippen LogP contribution in [0.3, 0.4) is 0 Å². The van der Waals surface area contributed by atoms with E-state index in [1.807, 2.05) is 41.0 Å². The van der Waals surface area contributed by atoms with Crippen LogP contribution in [-0.4, -0.2) is 34.1 Å². The largest absolute Gasteiger partial charge is 0.350 e. The SMILES string of the molecule is CC(NC(=O)N1CCn2c1nc1ccccc12)C(=O)NCc1ccc(Cl)cc1. The molecule has 1 aliphatic rings. The summed E-state index contributed by atoms with van der Waals surface area (Å²) >= 11 is 5.86. The van der Waals surface area contributed by atoms with Crippen molar-refractivity contribution < 1.29 is 9.59 Å². The first-order valence-corrected chi connectivity index (χ1v) is 9.46. The summed E-state index contributed by atoms with van der Waals surface area (Å²) in [6, 6.07) is 14.0. The van der Waals surface area contributed by atoms with Gasteiger partial charge in [0.25, 0.3) is 0 Å². The average molecular weight is 398 g/mol. The number of imidazole rings is 1. The van der Waals surface area contributed by atoms with Gasteiger partial charge in [0.05, 0.1) is 11.0 Å². The smallest absolute Gasteiger partial charge is 0.324 e. The molecule has 3 amide bonds. The third-order valence-corrected chi connectivity index (χ3v) is 5.03. The quantitative estimate of drug-likeness (QED) is 0.710. The highest BCUT2D eigenvalue weighted by Gasteiger charge is 2.29. The van der Waals surface area contributed by atoms with Crippen molar-refractivity contribution in [1.29, 1.82) is 0 Å². The molecule has 4 rings (SSSR count). The highest BCUT2D eigenvalue weighted by molar-refractivity contribution is 6.30. The van der Waals surface area contributed by atoms with Gasteiger partial charge in [-0.3, -0.25) is 9.69 Å². The van der Waals surface area contributed by atoms with Gasteiger partial charge in [0.15, 0.2) is 0 Å². The molecular weight excluding hydrogens is 378 g/mol. The van der Waals surface area contributed by atoms with E-state index in [1.54, 1.807) is 24.0 Å². The van der Waals surface area contributed by atoms with Gasteiger partial charge >= 0.3 is 6.03 Å². The van der Waals surface area contributed by atoms with Crippen LogP contribution in [0.5, 0.6) is 0 Å². The molecule has 3 aromatic rings. The molecule has 2 N–H and O–H groups in total. The van der Waals surface area contributed by atoms with Crippen molar-refractivity contribution >= 4 is 40.5 Å². The van der Waals surface area contributed by atoms with Crippen molar-refractivity contribution in [2.24, 2.45) is 0 Å². The number of hydrogen-bond donors (Lipinski definition) is 2. The molecule has 0 aliphatic carbocycles. The summed E-state index contributed by atoms with van der Waals surface area (Å²) in [4.78, 5) is 31.1. The normalized spacial score (nSPS) is 14.0. The van der Waals surface area contributed by atoms with Gasteiger partial charge in [0.1, 0.15) is 6.04 Å². The predicted octanol–water partition coefficient (Wildman–Crippen LogP) is 2.92. The lowest BCUT2D eigenvalue weighted by molar-refractivity contribution is -0.122. The molecule has 28 heavy (non-hydrogen) atoms. The van der Waals surface area contributed by atoms with Crippen molar-refractivity contribution in [1.82, 2.24) is 20.2 Å². The summed E-state index contributed by atoms with van der Waals surface area (Å²) in [5.41, 5.74) is 2.79. The van der Waals surface area contributed by atoms with E-state index in [2.05, 4.69) is 15.6 Å². The molecule has 0 saturated heterocycles. The summed E-state index contributed by atoms with van der Waals surface area (Å²) in [5.74, 6) is 0.350. The zero-order valence-electron chi connectivity index (χ0n) is 15.4. The number of rotatable bonds is 4. The zero-order valence-corrected chi connectivity index (χ0v) is 16.1. The first-order chi connectivity index (χ1) is 13.5. The highest BCUT2D eigenvalue weighted by atomic mass is 35.5. The molecule has 0 radical (unpaired) electrons. The standard InChI is InChI=1S/C20H20ClN5O2/c1-13(18(27)22-12-14-6-8-15(21)9-7-14)23-20(28)26-11-10-25-17-5-3-2-4-16(17)24-19(25)26/h2-9,13H,10-12H2,1H3,(H,22,27)(H,23,28). The Balaban J connectivity index is 1.37. The molecule has 1 unspecified atom stereocenters. The van der Waals surface area contributed by atoms with Gasteiger partial charge in [0, 0.05) is 24.7 Å². The van der Waals surface area contributed by atoms with Crippen LogP contribution in [0.2, 0.25) is 5.02 Å². The molecule has 2 aromatic carbocycles. The van der Waals surface area contributed by atoms with Gasteiger partial charge in [-0.05, 0) is 36.8 Å². The van der Waals surface area contributed by atoms with Crippen molar-refractivity contribution in [2.75, 3.05) is 11.4 Å². The highest BCUT2D eigenvalue weighted by Crippen LogP contribution is 2.27. The number of nitrogens with one attached hydrogen (secondary N) is 2. The number of benzene rings is 2. The van der Waals surface area contributed by atoms with Crippen LogP contribution in [0.1, 0.15) is 12.5 Å². The van der Waals surface area contributed by atoms with Crippen LogP contribution in [0.25, 0.3) is 11.0 Å². The maximum atomic E-state index is 12.7. The minimum Gasteiger partial charge on any atom is -0.350 e. The molecule has 0 spiro atoms. The van der Waals surface area contributed by atoms with E-state index >= 15 is 0 Å². The summed E-state index contributed by atoms with van der Waals surface area (Å²) < 4.78 is 2.01. The number of hydrogen-bond acceptors (Lipinski definition) is 3. The van der Waals surface area contributed by atoms with E-state index < -0.39 is 6.04 Å². The maximum Gasteiger partial charge on any atom is 0.324 e. The molecule has 8 heteroatoms. The lowest BCUT2D eigenvalue weighted by atomic mass is 10.2. The summed E-state index contributed by atoms with van der Waals surface area (Å²) in [6.07, 6.45) is 0. The van der Waals surface area contributed by atoms with Gasteiger partial charge in [-0.15, -0.1) is 0 Å². The van der Waals surface area contributed by atoms with Crippen LogP contribution in [0.15, 0.2) is 48.5 Å². The Hall–Kier alpha value is -3.06. The molecule has 1 aliphatic heterocycles. The molecule has 0 bridgehead atoms. The fourth-order valence-corrected chi connectivity index (χ4v) is 3.38. The zero-order chi connectivity index (χ0) is 19.7. The second kappa shape index (κ2) is 7.52. The Morgan fingerprint density at radius 3 is 2.68 bits per heavy atom. The average Bonchev–Trinajstić information content (AvgIpc) is 3.26. The molecule has 0 saturated carbocycles. The lowest BCUT2D eigenvalue weighted by Crippen LogP contribution is -2.49. The number of para-hydroxylation sites is 2. The van der Waals surface area contributed by atoms with Crippen molar-refractivity contribution in [3.8, 4) is 0 Å². The van der Waals surface area contributed by atoms with Crippen molar-refractivity contribution in [3.63, 3.8) is 0 Å². The van der Waals surface area contributed by atoms with E-state index in [0.29, 0.717) is 30.6 Å². The minimum absolute atomic E-state index is 0.254. The Kier molecular flexibility index (Phi) is 4.92. The van der Waals surface area contributed by atoms with Gasteiger partial charge < -0.3 is 15.2 Å². The molecule has 0 fully saturated rings. The molecule has 1 aromatic heterocycles. The van der Waals surface area contributed by atoms with Crippen LogP contribution in [0, 0.1) is 0 Å².